The van der Waals surface area contributed by atoms with Gasteiger partial charge in [-0.15, -0.1) is 0 Å². The largest absolute Gasteiger partial charge is 0.349 e. The molecule has 4 heterocycles. The van der Waals surface area contributed by atoms with Crippen molar-refractivity contribution in [3.63, 3.8) is 0 Å². The first-order valence-electron chi connectivity index (χ1n) is 14.3. The molecule has 2 N–H and O–H groups in total. The van der Waals surface area contributed by atoms with Gasteiger partial charge < -0.3 is 14.2 Å². The molecule has 0 spiro atoms. The highest BCUT2D eigenvalue weighted by Crippen LogP contribution is 2.47. The summed E-state index contributed by atoms with van der Waals surface area (Å²) < 4.78 is 52.8. The summed E-state index contributed by atoms with van der Waals surface area (Å²) in [5.41, 5.74) is 1.87. The van der Waals surface area contributed by atoms with Crippen LogP contribution in [0.2, 0.25) is 5.15 Å². The fourth-order valence-electron chi connectivity index (χ4n) is 6.45. The molecule has 7 rings (SSSR count). The van der Waals surface area contributed by atoms with E-state index in [1.54, 1.807) is 10.9 Å². The lowest BCUT2D eigenvalue weighted by molar-refractivity contribution is -0.196. The summed E-state index contributed by atoms with van der Waals surface area (Å²) >= 11 is 6.29. The predicted molar refractivity (Wildman–Crippen MR) is 165 cm³/mol. The number of fused-ring (bicyclic) bond motifs is 2. The highest BCUT2D eigenvalue weighted by atomic mass is 35.5. The zero-order valence-corrected chi connectivity index (χ0v) is 25.9. The summed E-state index contributed by atoms with van der Waals surface area (Å²) in [4.78, 5) is 12.8. The maximum atomic E-state index is 12.8. The third-order valence-corrected chi connectivity index (χ3v) is 8.89. The molecule has 0 unspecified atom stereocenters. The Bertz CT molecular complexity index is 1920. The zero-order valence-electron chi connectivity index (χ0n) is 24.4. The number of aromatic nitrogens is 4. The second kappa shape index (κ2) is 11.2. The van der Waals surface area contributed by atoms with Crippen molar-refractivity contribution in [2.45, 2.75) is 56.2 Å². The number of hydrogen-bond acceptors (Lipinski definition) is 9. The summed E-state index contributed by atoms with van der Waals surface area (Å²) in [6.07, 6.45) is 1.16. The van der Waals surface area contributed by atoms with Crippen molar-refractivity contribution in [1.82, 2.24) is 19.5 Å². The van der Waals surface area contributed by atoms with Crippen molar-refractivity contribution in [1.29, 1.82) is 0 Å². The minimum Gasteiger partial charge on any atom is -0.349 e. The van der Waals surface area contributed by atoms with Crippen LogP contribution in [0.4, 0.5) is 0 Å². The summed E-state index contributed by atoms with van der Waals surface area (Å²) in [5, 5.41) is 5.87. The topological polar surface area (TPSA) is 141 Å². The monoisotopic (exact) mass is 647 g/mol. The minimum atomic E-state index is -4.47. The Morgan fingerprint density at radius 3 is 2.20 bits per heavy atom. The van der Waals surface area contributed by atoms with Gasteiger partial charge in [0.1, 0.15) is 24.1 Å². The van der Waals surface area contributed by atoms with E-state index in [4.69, 9.17) is 35.1 Å². The maximum Gasteiger partial charge on any atom is 0.334 e. The van der Waals surface area contributed by atoms with E-state index in [0.717, 1.165) is 5.56 Å². The smallest absolute Gasteiger partial charge is 0.334 e. The van der Waals surface area contributed by atoms with Crippen LogP contribution in [0.25, 0.3) is 11.2 Å². The van der Waals surface area contributed by atoms with Gasteiger partial charge in [0.2, 0.25) is 0 Å². The van der Waals surface area contributed by atoms with E-state index in [0.29, 0.717) is 34.3 Å². The van der Waals surface area contributed by atoms with Crippen LogP contribution in [-0.4, -0.2) is 52.0 Å². The predicted octanol–water partition coefficient (Wildman–Crippen LogP) is 4.65. The van der Waals surface area contributed by atoms with Crippen LogP contribution in [-0.2, 0) is 40.7 Å². The van der Waals surface area contributed by atoms with E-state index in [1.807, 2.05) is 98.8 Å². The van der Waals surface area contributed by atoms with Crippen molar-refractivity contribution >= 4 is 33.1 Å². The van der Waals surface area contributed by atoms with Crippen LogP contribution in [0.15, 0.2) is 97.6 Å². The molecule has 0 amide bonds. The van der Waals surface area contributed by atoms with Gasteiger partial charge in [-0.05, 0) is 36.1 Å². The van der Waals surface area contributed by atoms with E-state index < -0.39 is 46.2 Å². The highest BCUT2D eigenvalue weighted by molar-refractivity contribution is 7.84. The third-order valence-electron chi connectivity index (χ3n) is 8.13. The highest BCUT2D eigenvalue weighted by Gasteiger charge is 2.56. The van der Waals surface area contributed by atoms with Gasteiger partial charge in [0.25, 0.3) is 0 Å². The van der Waals surface area contributed by atoms with Crippen LogP contribution in [0, 0.1) is 0 Å². The molecule has 0 saturated carbocycles. The van der Waals surface area contributed by atoms with E-state index in [1.165, 1.54) is 6.33 Å². The summed E-state index contributed by atoms with van der Waals surface area (Å²) in [7, 11) is -4.47. The van der Waals surface area contributed by atoms with Crippen LogP contribution in [0.5, 0.6) is 0 Å². The van der Waals surface area contributed by atoms with E-state index in [-0.39, 0.29) is 5.15 Å². The summed E-state index contributed by atoms with van der Waals surface area (Å²) in [6.45, 7) is 3.71. The molecule has 0 radical (unpaired) electrons. The van der Waals surface area contributed by atoms with Crippen LogP contribution < -0.4 is 5.14 Å². The molecule has 13 heteroatoms. The van der Waals surface area contributed by atoms with Crippen molar-refractivity contribution in [2.24, 2.45) is 5.14 Å². The third kappa shape index (κ3) is 5.42. The number of ether oxygens (including phenoxy) is 3. The van der Waals surface area contributed by atoms with Crippen LogP contribution in [0.3, 0.4) is 0 Å². The van der Waals surface area contributed by atoms with Crippen molar-refractivity contribution in [3.05, 3.63) is 125 Å². The Morgan fingerprint density at radius 2 is 1.53 bits per heavy atom. The number of hydrogen-bond donors (Lipinski definition) is 1. The number of benzene rings is 3. The molecule has 4 atom stereocenters. The van der Waals surface area contributed by atoms with Crippen LogP contribution in [0.1, 0.15) is 42.3 Å². The van der Waals surface area contributed by atoms with Gasteiger partial charge in [-0.25, -0.2) is 24.3 Å². The molecule has 2 saturated heterocycles. The fraction of sp³-hybridized carbons (Fsp3) is 0.281. The average Bonchev–Trinajstić information content (AvgIpc) is 3.68. The number of nitrogens with two attached hydrogens (primary N) is 1. The Morgan fingerprint density at radius 1 is 0.911 bits per heavy atom. The van der Waals surface area contributed by atoms with Gasteiger partial charge in [-0.2, -0.15) is 8.42 Å². The maximum absolute atomic E-state index is 12.8. The molecule has 2 aliphatic heterocycles. The molecule has 0 bridgehead atoms. The second-order valence-electron chi connectivity index (χ2n) is 11.5. The van der Waals surface area contributed by atoms with Crippen molar-refractivity contribution in [3.8, 4) is 0 Å². The summed E-state index contributed by atoms with van der Waals surface area (Å²) in [5.74, 6) is -0.882. The van der Waals surface area contributed by atoms with E-state index in [9.17, 15) is 8.42 Å². The lowest BCUT2D eigenvalue weighted by Crippen LogP contribution is -2.39. The number of rotatable bonds is 8. The molecule has 232 valence electrons. The van der Waals surface area contributed by atoms with Crippen molar-refractivity contribution in [2.75, 3.05) is 0 Å². The standard InChI is InChI=1S/C32H30ClN5O6S/c1-31(2)42-26-24(41-30(27(26)43-31)38-19-37-25-28(33)35-18-36-29(25)38)17-20-11-9-10-16-23(20)32(44-45(34,39)40,21-12-5-3-6-13-21)22-14-7-4-8-15-22/h3-16,18-19,24,26-27,30H,17H2,1-2H3,(H2,34,39,40)/t24-,26-,27-,30-/m1/s1. The second-order valence-corrected chi connectivity index (χ2v) is 13.0. The molecular formula is C32H30ClN5O6S. The molecule has 2 fully saturated rings. The average molecular weight is 648 g/mol. The first kappa shape index (κ1) is 29.9. The van der Waals surface area contributed by atoms with Crippen LogP contribution >= 0.6 is 11.6 Å². The Balaban J connectivity index is 1.35. The van der Waals surface area contributed by atoms with Gasteiger partial charge in [-0.3, -0.25) is 4.57 Å². The van der Waals surface area contributed by atoms with Gasteiger partial charge in [-0.1, -0.05) is 96.5 Å². The molecule has 11 nitrogen and oxygen atoms in total. The van der Waals surface area contributed by atoms with E-state index in [2.05, 4.69) is 15.0 Å². The first-order chi connectivity index (χ1) is 21.6. The van der Waals surface area contributed by atoms with Gasteiger partial charge >= 0.3 is 10.3 Å². The summed E-state index contributed by atoms with van der Waals surface area (Å²) in [6, 6.07) is 25.8. The quantitative estimate of drug-likeness (QED) is 0.188. The molecular weight excluding hydrogens is 618 g/mol. The lowest BCUT2D eigenvalue weighted by atomic mass is 9.77. The normalized spacial score (nSPS) is 22.9. The minimum absolute atomic E-state index is 0.232. The Kier molecular flexibility index (Phi) is 7.48. The van der Waals surface area contributed by atoms with Gasteiger partial charge in [0.15, 0.2) is 28.4 Å². The number of halogens is 1. The molecule has 2 aromatic heterocycles. The fourth-order valence-corrected chi connectivity index (χ4v) is 7.26. The zero-order chi connectivity index (χ0) is 31.4. The Hall–Kier alpha value is -3.75. The SMILES string of the molecule is CC1(C)O[C@@H]2[C@H](O1)[C@@H](Cc1ccccc1C(OS(N)(=O)=O)(c1ccccc1)c1ccccc1)O[C@H]2n1cnc2c(Cl)ncnc21. The van der Waals surface area contributed by atoms with E-state index >= 15 is 0 Å². The lowest BCUT2D eigenvalue weighted by Gasteiger charge is -2.36. The molecule has 2 aliphatic rings. The molecule has 0 aliphatic carbocycles. The van der Waals surface area contributed by atoms with Crippen molar-refractivity contribution < 1.29 is 26.8 Å². The molecule has 3 aromatic carbocycles. The van der Waals surface area contributed by atoms with Gasteiger partial charge in [0.05, 0.1) is 12.4 Å². The molecule has 45 heavy (non-hydrogen) atoms. The number of imidazole rings is 1. The molecule has 5 aromatic rings. The Labute approximate surface area is 265 Å². The first-order valence-corrected chi connectivity index (χ1v) is 16.2. The van der Waals surface area contributed by atoms with Gasteiger partial charge in [0, 0.05) is 6.42 Å². The number of nitrogens with zero attached hydrogens (tertiary/aromatic N) is 4.